The molecule has 0 spiro atoms. The van der Waals surface area contributed by atoms with E-state index in [2.05, 4.69) is 34.1 Å². The minimum atomic E-state index is -0.127. The SMILES string of the molecule is Cc1nccn1-c1ccc(N2CCCC(C(=O)Nc3cccc4nsnc34)C2)nn1. The zero-order valence-electron chi connectivity index (χ0n) is 16.4. The van der Waals surface area contributed by atoms with Crippen LogP contribution in [-0.2, 0) is 4.79 Å². The maximum absolute atomic E-state index is 12.9. The number of nitrogens with zero attached hydrogens (tertiary/aromatic N) is 7. The smallest absolute Gasteiger partial charge is 0.229 e. The molecule has 4 heterocycles. The van der Waals surface area contributed by atoms with Gasteiger partial charge in [-0.1, -0.05) is 6.07 Å². The molecule has 1 aliphatic heterocycles. The lowest BCUT2D eigenvalue weighted by molar-refractivity contribution is -0.120. The number of benzene rings is 1. The van der Waals surface area contributed by atoms with E-state index in [1.165, 1.54) is 0 Å². The van der Waals surface area contributed by atoms with E-state index in [0.717, 1.165) is 59.6 Å². The molecule has 1 aliphatic rings. The molecule has 1 unspecified atom stereocenters. The Balaban J connectivity index is 1.29. The number of aryl methyl sites for hydroxylation is 1. The van der Waals surface area contributed by atoms with Gasteiger partial charge in [0.25, 0.3) is 0 Å². The van der Waals surface area contributed by atoms with Gasteiger partial charge in [-0.05, 0) is 44.0 Å². The predicted octanol–water partition coefficient (Wildman–Crippen LogP) is 2.83. The maximum Gasteiger partial charge on any atom is 0.229 e. The number of carbonyl (C=O) groups excluding carboxylic acids is 1. The first-order valence-corrected chi connectivity index (χ1v) is 10.5. The van der Waals surface area contributed by atoms with Gasteiger partial charge < -0.3 is 10.2 Å². The Bertz CT molecular complexity index is 1180. The second-order valence-corrected chi connectivity index (χ2v) is 7.83. The van der Waals surface area contributed by atoms with Crippen LogP contribution in [0.4, 0.5) is 11.5 Å². The van der Waals surface area contributed by atoms with Crippen molar-refractivity contribution in [3.8, 4) is 5.82 Å². The van der Waals surface area contributed by atoms with Gasteiger partial charge in [-0.25, -0.2) is 4.98 Å². The van der Waals surface area contributed by atoms with Crippen molar-refractivity contribution in [1.29, 1.82) is 0 Å². The van der Waals surface area contributed by atoms with Gasteiger partial charge in [-0.2, -0.15) is 8.75 Å². The number of carbonyl (C=O) groups is 1. The second kappa shape index (κ2) is 7.79. The highest BCUT2D eigenvalue weighted by molar-refractivity contribution is 7.00. The van der Waals surface area contributed by atoms with Crippen LogP contribution >= 0.6 is 11.7 Å². The first kappa shape index (κ1) is 18.6. The highest BCUT2D eigenvalue weighted by Gasteiger charge is 2.27. The van der Waals surface area contributed by atoms with Gasteiger partial charge in [0.2, 0.25) is 5.91 Å². The molecule has 5 rings (SSSR count). The predicted molar refractivity (Wildman–Crippen MR) is 115 cm³/mol. The van der Waals surface area contributed by atoms with Crippen molar-refractivity contribution >= 4 is 40.2 Å². The minimum absolute atomic E-state index is 0.00109. The molecule has 1 fully saturated rings. The van der Waals surface area contributed by atoms with Crippen molar-refractivity contribution in [2.75, 3.05) is 23.3 Å². The average Bonchev–Trinajstić information content (AvgIpc) is 3.43. The van der Waals surface area contributed by atoms with Gasteiger partial charge in [0.05, 0.1) is 23.3 Å². The van der Waals surface area contributed by atoms with Crippen molar-refractivity contribution in [2.24, 2.45) is 5.92 Å². The van der Waals surface area contributed by atoms with Crippen LogP contribution in [0.1, 0.15) is 18.7 Å². The van der Waals surface area contributed by atoms with Gasteiger partial charge in [-0.15, -0.1) is 10.2 Å². The maximum atomic E-state index is 12.9. The number of aromatic nitrogens is 6. The molecule has 1 saturated heterocycles. The molecular weight excluding hydrogens is 400 g/mol. The standard InChI is InChI=1S/C20H20N8OS/c1-13-21-9-11-28(13)18-8-7-17(23-24-18)27-10-3-4-14(12-27)20(29)22-15-5-2-6-16-19(15)26-30-25-16/h2,5-9,11,14H,3-4,10,12H2,1H3,(H,22,29). The summed E-state index contributed by atoms with van der Waals surface area (Å²) in [5.41, 5.74) is 2.24. The third kappa shape index (κ3) is 3.50. The Morgan fingerprint density at radius 1 is 1.17 bits per heavy atom. The zero-order chi connectivity index (χ0) is 20.5. The summed E-state index contributed by atoms with van der Waals surface area (Å²) >= 11 is 1.15. The Labute approximate surface area is 177 Å². The average molecular weight is 421 g/mol. The van der Waals surface area contributed by atoms with Crippen LogP contribution in [-0.4, -0.2) is 47.5 Å². The van der Waals surface area contributed by atoms with E-state index in [0.29, 0.717) is 12.2 Å². The molecular formula is C20H20N8OS. The van der Waals surface area contributed by atoms with Crippen LogP contribution in [0.3, 0.4) is 0 Å². The van der Waals surface area contributed by atoms with E-state index in [-0.39, 0.29) is 11.8 Å². The van der Waals surface area contributed by atoms with Crippen molar-refractivity contribution in [1.82, 2.24) is 28.5 Å². The monoisotopic (exact) mass is 420 g/mol. The molecule has 30 heavy (non-hydrogen) atoms. The quantitative estimate of drug-likeness (QED) is 0.542. The van der Waals surface area contributed by atoms with Gasteiger partial charge in [0.15, 0.2) is 11.6 Å². The van der Waals surface area contributed by atoms with Gasteiger partial charge in [-0.3, -0.25) is 9.36 Å². The van der Waals surface area contributed by atoms with Crippen molar-refractivity contribution in [2.45, 2.75) is 19.8 Å². The number of fused-ring (bicyclic) bond motifs is 1. The Kier molecular flexibility index (Phi) is 4.83. The molecule has 1 aromatic carbocycles. The Morgan fingerprint density at radius 3 is 2.83 bits per heavy atom. The third-order valence-electron chi connectivity index (χ3n) is 5.37. The van der Waals surface area contributed by atoms with Crippen LogP contribution in [0, 0.1) is 12.8 Å². The number of amides is 1. The Morgan fingerprint density at radius 2 is 2.03 bits per heavy atom. The van der Waals surface area contributed by atoms with E-state index in [1.54, 1.807) is 6.20 Å². The Hall–Kier alpha value is -3.40. The fourth-order valence-corrected chi connectivity index (χ4v) is 4.33. The van der Waals surface area contributed by atoms with E-state index in [9.17, 15) is 4.79 Å². The number of rotatable bonds is 4. The van der Waals surface area contributed by atoms with E-state index >= 15 is 0 Å². The van der Waals surface area contributed by atoms with E-state index in [4.69, 9.17) is 0 Å². The molecule has 1 N–H and O–H groups in total. The first-order chi connectivity index (χ1) is 14.7. The lowest BCUT2D eigenvalue weighted by Crippen LogP contribution is -2.41. The zero-order valence-corrected chi connectivity index (χ0v) is 17.2. The fraction of sp³-hybridized carbons (Fsp3) is 0.300. The number of piperidine rings is 1. The van der Waals surface area contributed by atoms with Gasteiger partial charge >= 0.3 is 0 Å². The molecule has 0 saturated carbocycles. The lowest BCUT2D eigenvalue weighted by Gasteiger charge is -2.32. The highest BCUT2D eigenvalue weighted by atomic mass is 32.1. The second-order valence-electron chi connectivity index (χ2n) is 7.31. The highest BCUT2D eigenvalue weighted by Crippen LogP contribution is 2.25. The lowest BCUT2D eigenvalue weighted by atomic mass is 9.97. The first-order valence-electron chi connectivity index (χ1n) is 9.80. The van der Waals surface area contributed by atoms with Crippen LogP contribution in [0.15, 0.2) is 42.7 Å². The molecule has 3 aromatic heterocycles. The summed E-state index contributed by atoms with van der Waals surface area (Å²) in [6.45, 7) is 3.38. The number of anilines is 2. The fourth-order valence-electron chi connectivity index (χ4n) is 3.78. The largest absolute Gasteiger partial charge is 0.354 e. The molecule has 0 aliphatic carbocycles. The van der Waals surface area contributed by atoms with Crippen LogP contribution in [0.2, 0.25) is 0 Å². The molecule has 9 nitrogen and oxygen atoms in total. The van der Waals surface area contributed by atoms with Crippen LogP contribution < -0.4 is 10.2 Å². The minimum Gasteiger partial charge on any atom is -0.354 e. The summed E-state index contributed by atoms with van der Waals surface area (Å²) in [7, 11) is 0. The molecule has 152 valence electrons. The summed E-state index contributed by atoms with van der Waals surface area (Å²) in [6.07, 6.45) is 5.36. The van der Waals surface area contributed by atoms with Gasteiger partial charge in [0, 0.05) is 25.5 Å². The summed E-state index contributed by atoms with van der Waals surface area (Å²) in [6, 6.07) is 9.51. The normalized spacial score (nSPS) is 16.7. The molecule has 1 amide bonds. The van der Waals surface area contributed by atoms with E-state index < -0.39 is 0 Å². The van der Waals surface area contributed by atoms with E-state index in [1.807, 2.05) is 48.0 Å². The number of hydrogen-bond donors (Lipinski definition) is 1. The topological polar surface area (TPSA) is 102 Å². The molecule has 0 bridgehead atoms. The number of nitrogens with one attached hydrogen (secondary N) is 1. The molecule has 1 atom stereocenters. The number of hydrogen-bond acceptors (Lipinski definition) is 8. The summed E-state index contributed by atoms with van der Waals surface area (Å²) in [4.78, 5) is 19.3. The van der Waals surface area contributed by atoms with Gasteiger partial charge in [0.1, 0.15) is 16.9 Å². The molecule has 10 heteroatoms. The number of imidazole rings is 1. The molecule has 4 aromatic rings. The van der Waals surface area contributed by atoms with Crippen molar-refractivity contribution in [3.63, 3.8) is 0 Å². The van der Waals surface area contributed by atoms with Crippen molar-refractivity contribution < 1.29 is 4.79 Å². The summed E-state index contributed by atoms with van der Waals surface area (Å²) in [5, 5.41) is 11.8. The van der Waals surface area contributed by atoms with Crippen molar-refractivity contribution in [3.05, 3.63) is 48.5 Å². The van der Waals surface area contributed by atoms with Crippen LogP contribution in [0.5, 0.6) is 0 Å². The summed E-state index contributed by atoms with van der Waals surface area (Å²) in [5.74, 6) is 2.23. The van der Waals surface area contributed by atoms with Crippen LogP contribution in [0.25, 0.3) is 16.9 Å². The molecule has 0 radical (unpaired) electrons. The summed E-state index contributed by atoms with van der Waals surface area (Å²) < 4.78 is 10.4. The third-order valence-corrected chi connectivity index (χ3v) is 5.91.